The number of ether oxygens (including phenoxy) is 6. The first kappa shape index (κ1) is 52.6. The molecule has 374 valence electrons. The van der Waals surface area contributed by atoms with Crippen LogP contribution in [0.2, 0.25) is 0 Å². The molecule has 3 fully saturated rings. The Kier molecular flexibility index (Phi) is 18.8. The van der Waals surface area contributed by atoms with E-state index in [1.54, 1.807) is 21.3 Å². The van der Waals surface area contributed by atoms with Gasteiger partial charge in [-0.3, -0.25) is 28.8 Å². The first-order valence-corrected chi connectivity index (χ1v) is 24.1. The van der Waals surface area contributed by atoms with Crippen LogP contribution in [0, 0.1) is 17.3 Å². The van der Waals surface area contributed by atoms with Crippen LogP contribution in [0.25, 0.3) is 0 Å². The third-order valence-electron chi connectivity index (χ3n) is 13.8. The maximum absolute atomic E-state index is 13.5. The number of hydrogen-bond acceptors (Lipinski definition) is 13. The molecule has 0 radical (unpaired) electrons. The molecule has 3 saturated heterocycles. The van der Waals surface area contributed by atoms with Crippen molar-refractivity contribution < 1.29 is 62.3 Å². The smallest absolute Gasteiger partial charge is 0.306 e. The van der Waals surface area contributed by atoms with E-state index in [-0.39, 0.29) is 62.6 Å². The lowest BCUT2D eigenvalue weighted by atomic mass is 9.77. The van der Waals surface area contributed by atoms with Gasteiger partial charge in [-0.1, -0.05) is 75.7 Å². The topological polar surface area (TPSA) is 180 Å². The fourth-order valence-electron chi connectivity index (χ4n) is 9.51. The molecule has 16 nitrogen and oxygen atoms in total. The molecule has 0 saturated carbocycles. The molecule has 3 aromatic rings. The average Bonchev–Trinajstić information content (AvgIpc) is 4.08. The largest absolute Gasteiger partial charge is 0.497 e. The predicted octanol–water partition coefficient (Wildman–Crippen LogP) is 6.82. The summed E-state index contributed by atoms with van der Waals surface area (Å²) >= 11 is 0. The molecule has 4 aliphatic heterocycles. The van der Waals surface area contributed by atoms with E-state index < -0.39 is 34.8 Å². The Morgan fingerprint density at radius 2 is 1.16 bits per heavy atom. The number of hydroxylamine groups is 2. The lowest BCUT2D eigenvalue weighted by molar-refractivity contribution is -0.192. The van der Waals surface area contributed by atoms with E-state index in [9.17, 15) is 29.1 Å². The van der Waals surface area contributed by atoms with Crippen molar-refractivity contribution in [2.24, 2.45) is 17.3 Å². The predicted molar refractivity (Wildman–Crippen MR) is 255 cm³/mol. The van der Waals surface area contributed by atoms with Crippen molar-refractivity contribution in [3.8, 4) is 17.2 Å². The molecule has 0 aromatic heterocycles. The number of carbonyl (C=O) groups is 5. The van der Waals surface area contributed by atoms with E-state index >= 15 is 0 Å². The van der Waals surface area contributed by atoms with Crippen molar-refractivity contribution in [3.05, 3.63) is 102 Å². The highest BCUT2D eigenvalue weighted by molar-refractivity contribution is 6.05. The first-order chi connectivity index (χ1) is 33.3. The number of aliphatic carboxylic acids is 1. The number of fused-ring (bicyclic) bond motifs is 5. The number of nitrogens with zero attached hydrogens (tertiary/aromatic N) is 3. The molecule has 4 atom stereocenters. The SMILES string of the molecule is CCN(CC)CC.COc1ccc(C(OCC2(COC(=O)CCC(=O)O)CCN(C(=O)CCCCCON3C(=O)C4C5C=CC(O5)C4C3=O)CC2)(c2ccc(OC)cc2)c2ccc(OC)cc2)cc1. The second kappa shape index (κ2) is 24.7. The third kappa shape index (κ3) is 12.5. The highest BCUT2D eigenvalue weighted by Crippen LogP contribution is 2.46. The van der Waals surface area contributed by atoms with Crippen LogP contribution in [0.1, 0.15) is 88.8 Å². The Hall–Kier alpha value is -5.81. The van der Waals surface area contributed by atoms with Gasteiger partial charge in [-0.15, -0.1) is 0 Å². The summed E-state index contributed by atoms with van der Waals surface area (Å²) in [6, 6.07) is 22.9. The lowest BCUT2D eigenvalue weighted by Crippen LogP contribution is -2.49. The van der Waals surface area contributed by atoms with E-state index in [1.807, 2.05) is 89.8 Å². The minimum atomic E-state index is -1.19. The van der Waals surface area contributed by atoms with Crippen LogP contribution in [-0.4, -0.2) is 136 Å². The molecule has 3 amide bonds. The number of rotatable bonds is 24. The zero-order chi connectivity index (χ0) is 49.6. The second-order valence-electron chi connectivity index (χ2n) is 17.8. The van der Waals surface area contributed by atoms with E-state index in [2.05, 4.69) is 25.7 Å². The zero-order valence-electron chi connectivity index (χ0n) is 40.9. The summed E-state index contributed by atoms with van der Waals surface area (Å²) in [6.45, 7) is 11.2. The summed E-state index contributed by atoms with van der Waals surface area (Å²) in [4.78, 5) is 73.1. The molecular weight excluding hydrogens is 887 g/mol. The van der Waals surface area contributed by atoms with Crippen LogP contribution in [0.15, 0.2) is 84.9 Å². The number of unbranched alkanes of at least 4 members (excludes halogenated alkanes) is 2. The Morgan fingerprint density at radius 3 is 1.58 bits per heavy atom. The minimum Gasteiger partial charge on any atom is -0.497 e. The normalized spacial score (nSPS) is 20.1. The molecule has 0 aliphatic carbocycles. The van der Waals surface area contributed by atoms with Gasteiger partial charge in [0, 0.05) is 24.9 Å². The lowest BCUT2D eigenvalue weighted by Gasteiger charge is -2.44. The molecule has 2 bridgehead atoms. The molecule has 3 aromatic carbocycles. The molecular formula is C53H69N3O13. The number of likely N-dealkylation sites (tertiary alicyclic amines) is 1. The number of esters is 1. The van der Waals surface area contributed by atoms with E-state index in [0.717, 1.165) is 21.8 Å². The van der Waals surface area contributed by atoms with Gasteiger partial charge in [-0.2, -0.15) is 5.06 Å². The highest BCUT2D eigenvalue weighted by Gasteiger charge is 2.61. The van der Waals surface area contributed by atoms with Gasteiger partial charge in [-0.05, 0) is 98.4 Å². The van der Waals surface area contributed by atoms with Gasteiger partial charge in [0.2, 0.25) is 5.91 Å². The van der Waals surface area contributed by atoms with E-state index in [1.165, 1.54) is 19.6 Å². The van der Waals surface area contributed by atoms with Gasteiger partial charge in [0.25, 0.3) is 11.8 Å². The van der Waals surface area contributed by atoms with Gasteiger partial charge >= 0.3 is 11.9 Å². The highest BCUT2D eigenvalue weighted by atomic mass is 16.7. The minimum absolute atomic E-state index is 0.0105. The van der Waals surface area contributed by atoms with Crippen LogP contribution in [0.3, 0.4) is 0 Å². The number of carboxylic acid groups (broad SMARTS) is 1. The van der Waals surface area contributed by atoms with Crippen LogP contribution >= 0.6 is 0 Å². The molecule has 4 heterocycles. The molecule has 4 aliphatic rings. The van der Waals surface area contributed by atoms with Crippen molar-refractivity contribution in [2.45, 2.75) is 89.9 Å². The van der Waals surface area contributed by atoms with E-state index in [0.29, 0.717) is 68.9 Å². The van der Waals surface area contributed by atoms with Crippen molar-refractivity contribution in [1.82, 2.24) is 14.9 Å². The third-order valence-corrected chi connectivity index (χ3v) is 13.8. The number of hydrogen-bond donors (Lipinski definition) is 1. The quantitative estimate of drug-likeness (QED) is 0.0325. The standard InChI is InChI=1S/C47H54N2O13.C6H15N/c1-56-34-14-8-31(9-15-34)47(32-10-16-35(57-2)17-11-32,33-12-18-36(58-3)19-13-33)60-30-46(29-59-41(53)23-22-40(51)52)24-26-48(27-25-46)39(50)7-5-4-6-28-61-49-44(54)42-37-20-21-38(62-37)43(42)45(49)55;1-4-7(5-2)6-3/h8-21,37-38,42-43H,4-7,22-30H2,1-3H3,(H,51,52);4-6H2,1-3H3. The zero-order valence-corrected chi connectivity index (χ0v) is 40.9. The van der Waals surface area contributed by atoms with Gasteiger partial charge in [0.05, 0.1) is 78.0 Å². The number of methoxy groups -OCH3 is 3. The molecule has 16 heteroatoms. The average molecular weight is 956 g/mol. The number of imide groups is 1. The second-order valence-corrected chi connectivity index (χ2v) is 17.8. The molecule has 7 rings (SSSR count). The number of benzene rings is 3. The Bertz CT molecular complexity index is 2050. The van der Waals surface area contributed by atoms with Gasteiger partial charge in [0.15, 0.2) is 0 Å². The summed E-state index contributed by atoms with van der Waals surface area (Å²) in [5, 5.41) is 10.1. The van der Waals surface area contributed by atoms with Crippen molar-refractivity contribution in [2.75, 3.05) is 73.9 Å². The number of carboxylic acids is 1. The van der Waals surface area contributed by atoms with Crippen LogP contribution in [0.5, 0.6) is 17.2 Å². The summed E-state index contributed by atoms with van der Waals surface area (Å²) in [6.07, 6.45) is 5.31. The summed E-state index contributed by atoms with van der Waals surface area (Å²) < 4.78 is 35.3. The number of carbonyl (C=O) groups excluding carboxylic acids is 4. The first-order valence-electron chi connectivity index (χ1n) is 24.1. The Labute approximate surface area is 405 Å². The van der Waals surface area contributed by atoms with Gasteiger partial charge < -0.3 is 43.3 Å². The number of piperidine rings is 1. The summed E-state index contributed by atoms with van der Waals surface area (Å²) in [5.74, 6) is -1.49. The fourth-order valence-corrected chi connectivity index (χ4v) is 9.51. The molecule has 1 N–H and O–H groups in total. The molecule has 4 unspecified atom stereocenters. The fraction of sp³-hybridized carbons (Fsp3) is 0.528. The maximum atomic E-state index is 13.5. The van der Waals surface area contributed by atoms with E-state index in [4.69, 9.17) is 33.3 Å². The Balaban J connectivity index is 0.00000104. The Morgan fingerprint density at radius 1 is 0.681 bits per heavy atom. The van der Waals surface area contributed by atoms with Gasteiger partial charge in [-0.25, -0.2) is 0 Å². The van der Waals surface area contributed by atoms with Crippen LogP contribution in [0.4, 0.5) is 0 Å². The molecule has 69 heavy (non-hydrogen) atoms. The summed E-state index contributed by atoms with van der Waals surface area (Å²) in [5.41, 5.74) is 0.482. The van der Waals surface area contributed by atoms with Gasteiger partial charge in [0.1, 0.15) is 22.8 Å². The summed E-state index contributed by atoms with van der Waals surface area (Å²) in [7, 11) is 4.81. The maximum Gasteiger partial charge on any atom is 0.306 e. The number of amides is 3. The van der Waals surface area contributed by atoms with Crippen LogP contribution in [-0.2, 0) is 48.6 Å². The van der Waals surface area contributed by atoms with Crippen molar-refractivity contribution in [1.29, 1.82) is 0 Å². The van der Waals surface area contributed by atoms with Crippen molar-refractivity contribution >= 4 is 29.7 Å². The van der Waals surface area contributed by atoms with Crippen LogP contribution < -0.4 is 14.2 Å². The molecule has 0 spiro atoms. The monoisotopic (exact) mass is 955 g/mol. The van der Waals surface area contributed by atoms with Crippen molar-refractivity contribution in [3.63, 3.8) is 0 Å².